The van der Waals surface area contributed by atoms with E-state index >= 15 is 0 Å². The highest BCUT2D eigenvalue weighted by molar-refractivity contribution is 5.83. The van der Waals surface area contributed by atoms with E-state index < -0.39 is 6.09 Å². The second kappa shape index (κ2) is 8.58. The number of carboxylic acid groups (broad SMARTS) is 1. The first kappa shape index (κ1) is 22.3. The fourth-order valence-corrected chi connectivity index (χ4v) is 4.20. The minimum absolute atomic E-state index is 0.169. The lowest BCUT2D eigenvalue weighted by Gasteiger charge is -2.46. The molecule has 3 aromatic heterocycles. The summed E-state index contributed by atoms with van der Waals surface area (Å²) < 4.78 is 7.28. The van der Waals surface area contributed by atoms with Crippen molar-refractivity contribution >= 4 is 17.4 Å². The van der Waals surface area contributed by atoms with E-state index in [9.17, 15) is 15.2 Å². The first-order chi connectivity index (χ1) is 15.7. The standard InChI is InChI=1S/C23H27N7O3/c1-5-33-16-8-17(21-15(9-24)10-27-30(21)13-16)18-11-26-20(12-25-18)28-6-7-29(22(31)32)19(14-28)23(2,3)4/h8,10-13,19H,5-7,14H2,1-4H3,(H,31,32). The molecule has 4 rings (SSSR count). The molecule has 0 saturated carbocycles. The maximum Gasteiger partial charge on any atom is 0.407 e. The number of amides is 1. The second-order valence-electron chi connectivity index (χ2n) is 9.05. The van der Waals surface area contributed by atoms with E-state index in [4.69, 9.17) is 4.74 Å². The summed E-state index contributed by atoms with van der Waals surface area (Å²) in [7, 11) is 0. The molecule has 1 atom stereocenters. The highest BCUT2D eigenvalue weighted by Gasteiger charge is 2.38. The van der Waals surface area contributed by atoms with Crippen LogP contribution in [0.15, 0.2) is 30.9 Å². The van der Waals surface area contributed by atoms with Gasteiger partial charge >= 0.3 is 6.09 Å². The molecule has 0 spiro atoms. The van der Waals surface area contributed by atoms with E-state index in [0.29, 0.717) is 60.1 Å². The van der Waals surface area contributed by atoms with E-state index in [2.05, 4.69) is 26.0 Å². The van der Waals surface area contributed by atoms with Crippen LogP contribution in [0.1, 0.15) is 33.3 Å². The molecule has 0 radical (unpaired) electrons. The minimum Gasteiger partial charge on any atom is -0.492 e. The fraction of sp³-hybridized carbons (Fsp3) is 0.435. The Labute approximate surface area is 192 Å². The van der Waals surface area contributed by atoms with Crippen LogP contribution < -0.4 is 9.64 Å². The Balaban J connectivity index is 1.67. The van der Waals surface area contributed by atoms with Crippen LogP contribution >= 0.6 is 0 Å². The predicted octanol–water partition coefficient (Wildman–Crippen LogP) is 3.28. The molecule has 4 heterocycles. The Hall–Kier alpha value is -3.87. The summed E-state index contributed by atoms with van der Waals surface area (Å²) in [5, 5.41) is 23.4. The van der Waals surface area contributed by atoms with Gasteiger partial charge in [-0.05, 0) is 18.4 Å². The Morgan fingerprint density at radius 3 is 2.67 bits per heavy atom. The topological polar surface area (TPSA) is 120 Å². The number of nitrogens with zero attached hydrogens (tertiary/aromatic N) is 7. The van der Waals surface area contributed by atoms with Crippen LogP contribution in [0, 0.1) is 16.7 Å². The van der Waals surface area contributed by atoms with Crippen molar-refractivity contribution in [2.45, 2.75) is 33.7 Å². The molecule has 1 aliphatic heterocycles. The van der Waals surface area contributed by atoms with Crippen LogP contribution in [0.4, 0.5) is 10.6 Å². The largest absolute Gasteiger partial charge is 0.492 e. The van der Waals surface area contributed by atoms with Crippen molar-refractivity contribution in [3.8, 4) is 23.1 Å². The van der Waals surface area contributed by atoms with Gasteiger partial charge in [0, 0.05) is 25.2 Å². The van der Waals surface area contributed by atoms with Crippen LogP contribution in [0.5, 0.6) is 5.75 Å². The number of nitriles is 1. The van der Waals surface area contributed by atoms with Crippen molar-refractivity contribution in [1.29, 1.82) is 5.26 Å². The van der Waals surface area contributed by atoms with E-state index in [1.165, 1.54) is 11.1 Å². The van der Waals surface area contributed by atoms with Gasteiger partial charge in [0.1, 0.15) is 17.6 Å². The number of pyridine rings is 1. The molecular formula is C23H27N7O3. The Bertz CT molecular complexity index is 1210. The zero-order chi connectivity index (χ0) is 23.8. The van der Waals surface area contributed by atoms with Crippen LogP contribution in [-0.4, -0.2) is 68.0 Å². The second-order valence-corrected chi connectivity index (χ2v) is 9.05. The van der Waals surface area contributed by atoms with Gasteiger partial charge in [-0.2, -0.15) is 10.4 Å². The Morgan fingerprint density at radius 2 is 2.06 bits per heavy atom. The zero-order valence-electron chi connectivity index (χ0n) is 19.2. The zero-order valence-corrected chi connectivity index (χ0v) is 19.2. The molecule has 1 unspecified atom stereocenters. The molecule has 0 aliphatic carbocycles. The molecule has 1 amide bonds. The van der Waals surface area contributed by atoms with Gasteiger partial charge in [-0.1, -0.05) is 20.8 Å². The summed E-state index contributed by atoms with van der Waals surface area (Å²) in [5.74, 6) is 1.31. The fourth-order valence-electron chi connectivity index (χ4n) is 4.20. The SMILES string of the molecule is CCOc1cc(-c2cnc(N3CCN(C(=O)O)C(C(C)(C)C)C3)cn2)c2c(C#N)cnn2c1. The number of piperazine rings is 1. The molecule has 33 heavy (non-hydrogen) atoms. The molecule has 1 N–H and O–H groups in total. The van der Waals surface area contributed by atoms with Gasteiger partial charge < -0.3 is 19.6 Å². The summed E-state index contributed by atoms with van der Waals surface area (Å²) in [6.45, 7) is 10.0. The summed E-state index contributed by atoms with van der Waals surface area (Å²) >= 11 is 0. The normalized spacial score (nSPS) is 16.6. The van der Waals surface area contributed by atoms with Crippen molar-refractivity contribution in [3.05, 3.63) is 36.4 Å². The molecule has 1 aliphatic rings. The molecule has 0 aromatic carbocycles. The maximum atomic E-state index is 11.7. The molecule has 3 aromatic rings. The van der Waals surface area contributed by atoms with E-state index in [1.807, 2.05) is 33.8 Å². The minimum atomic E-state index is -0.900. The van der Waals surface area contributed by atoms with Gasteiger partial charge in [-0.15, -0.1) is 0 Å². The van der Waals surface area contributed by atoms with Gasteiger partial charge in [0.05, 0.1) is 54.2 Å². The highest BCUT2D eigenvalue weighted by atomic mass is 16.5. The molecule has 1 fully saturated rings. The van der Waals surface area contributed by atoms with E-state index in [1.54, 1.807) is 23.1 Å². The van der Waals surface area contributed by atoms with Gasteiger partial charge in [0.15, 0.2) is 0 Å². The monoisotopic (exact) mass is 449 g/mol. The molecule has 0 bridgehead atoms. The van der Waals surface area contributed by atoms with Gasteiger partial charge in [-0.3, -0.25) is 4.98 Å². The van der Waals surface area contributed by atoms with Gasteiger partial charge in [-0.25, -0.2) is 14.3 Å². The number of anilines is 1. The van der Waals surface area contributed by atoms with E-state index in [0.717, 1.165) is 0 Å². The lowest BCUT2D eigenvalue weighted by molar-refractivity contribution is 0.0747. The average molecular weight is 450 g/mol. The summed E-state index contributed by atoms with van der Waals surface area (Å²) in [6, 6.07) is 3.84. The van der Waals surface area contributed by atoms with Crippen molar-refractivity contribution in [3.63, 3.8) is 0 Å². The third-order valence-electron chi connectivity index (χ3n) is 5.88. The Morgan fingerprint density at radius 1 is 1.27 bits per heavy atom. The third kappa shape index (κ3) is 4.26. The van der Waals surface area contributed by atoms with E-state index in [-0.39, 0.29) is 11.5 Å². The first-order valence-electron chi connectivity index (χ1n) is 10.8. The predicted molar refractivity (Wildman–Crippen MR) is 122 cm³/mol. The maximum absolute atomic E-state index is 11.7. The quantitative estimate of drug-likeness (QED) is 0.644. The van der Waals surface area contributed by atoms with Crippen LogP contribution in [-0.2, 0) is 0 Å². The van der Waals surface area contributed by atoms with Crippen molar-refractivity contribution in [2.75, 3.05) is 31.1 Å². The lowest BCUT2D eigenvalue weighted by Crippen LogP contribution is -2.59. The first-order valence-corrected chi connectivity index (χ1v) is 10.8. The smallest absolute Gasteiger partial charge is 0.407 e. The van der Waals surface area contributed by atoms with Crippen molar-refractivity contribution in [2.24, 2.45) is 5.41 Å². The summed E-state index contributed by atoms with van der Waals surface area (Å²) in [5.41, 5.74) is 2.17. The molecule has 172 valence electrons. The van der Waals surface area contributed by atoms with Crippen molar-refractivity contribution < 1.29 is 14.6 Å². The number of fused-ring (bicyclic) bond motifs is 1. The van der Waals surface area contributed by atoms with Gasteiger partial charge in [0.2, 0.25) is 0 Å². The number of aromatic nitrogens is 4. The summed E-state index contributed by atoms with van der Waals surface area (Å²) in [6.07, 6.45) is 5.72. The Kier molecular flexibility index (Phi) is 5.80. The lowest BCUT2D eigenvalue weighted by atomic mass is 9.84. The van der Waals surface area contributed by atoms with Crippen molar-refractivity contribution in [1.82, 2.24) is 24.5 Å². The molecule has 10 heteroatoms. The molecule has 1 saturated heterocycles. The summed E-state index contributed by atoms with van der Waals surface area (Å²) in [4.78, 5) is 24.5. The molecular weight excluding hydrogens is 422 g/mol. The highest BCUT2D eigenvalue weighted by Crippen LogP contribution is 2.32. The number of rotatable bonds is 4. The number of carbonyl (C=O) groups is 1. The van der Waals surface area contributed by atoms with Crippen LogP contribution in [0.25, 0.3) is 16.8 Å². The van der Waals surface area contributed by atoms with Gasteiger partial charge in [0.25, 0.3) is 0 Å². The number of hydrogen-bond donors (Lipinski definition) is 1. The number of ether oxygens (including phenoxy) is 1. The third-order valence-corrected chi connectivity index (χ3v) is 5.88. The van der Waals surface area contributed by atoms with Crippen LogP contribution in [0.2, 0.25) is 0 Å². The molecule has 10 nitrogen and oxygen atoms in total. The average Bonchev–Trinajstić information content (AvgIpc) is 3.21. The number of hydrogen-bond acceptors (Lipinski definition) is 7. The van der Waals surface area contributed by atoms with Crippen LogP contribution in [0.3, 0.4) is 0 Å².